The van der Waals surface area contributed by atoms with Crippen LogP contribution in [0.4, 0.5) is 15.8 Å². The van der Waals surface area contributed by atoms with Crippen LogP contribution < -0.4 is 14.4 Å². The van der Waals surface area contributed by atoms with Crippen molar-refractivity contribution in [1.29, 1.82) is 0 Å². The number of likely N-dealkylation sites (tertiary alicyclic amines) is 1. The number of nitrogens with zero attached hydrogens (tertiary/aromatic N) is 2. The van der Waals surface area contributed by atoms with Gasteiger partial charge in [-0.15, -0.1) is 12.4 Å². The van der Waals surface area contributed by atoms with Crippen molar-refractivity contribution in [2.45, 2.75) is 31.9 Å². The first-order chi connectivity index (χ1) is 15.7. The smallest absolute Gasteiger partial charge is 0.146 e. The number of methoxy groups -OCH3 is 1. The minimum atomic E-state index is -0.267. The van der Waals surface area contributed by atoms with Crippen molar-refractivity contribution in [1.82, 2.24) is 4.90 Å². The molecule has 3 aromatic carbocycles. The zero-order valence-electron chi connectivity index (χ0n) is 18.9. The second kappa shape index (κ2) is 10.4. The number of para-hydroxylation sites is 1. The summed E-state index contributed by atoms with van der Waals surface area (Å²) in [4.78, 5) is 4.93. The Labute approximate surface area is 201 Å². The van der Waals surface area contributed by atoms with Crippen molar-refractivity contribution in [3.8, 4) is 11.5 Å². The fraction of sp³-hybridized carbons (Fsp3) is 0.333. The van der Waals surface area contributed by atoms with Crippen LogP contribution in [0.25, 0.3) is 0 Å². The van der Waals surface area contributed by atoms with Gasteiger partial charge in [-0.3, -0.25) is 4.90 Å². The normalized spacial score (nSPS) is 17.4. The fourth-order valence-corrected chi connectivity index (χ4v) is 4.88. The Morgan fingerprint density at radius 1 is 1.03 bits per heavy atom. The average Bonchev–Trinajstić information content (AvgIpc) is 3.21. The Kier molecular flexibility index (Phi) is 7.41. The van der Waals surface area contributed by atoms with Crippen LogP contribution >= 0.6 is 12.4 Å². The SMILES string of the molecule is COc1ccc(CCN2CCCC2CN2c3ccccc3COc3cc(F)ccc32)cc1.Cl. The Morgan fingerprint density at radius 2 is 1.85 bits per heavy atom. The maximum atomic E-state index is 13.9. The summed E-state index contributed by atoms with van der Waals surface area (Å²) >= 11 is 0. The Balaban J connectivity index is 0.00000259. The molecule has 1 fully saturated rings. The summed E-state index contributed by atoms with van der Waals surface area (Å²) in [6.45, 7) is 3.46. The van der Waals surface area contributed by atoms with E-state index in [1.165, 1.54) is 30.5 Å². The number of halogens is 2. The summed E-state index contributed by atoms with van der Waals surface area (Å²) in [6, 6.07) is 22.0. The molecule has 6 heteroatoms. The molecule has 1 unspecified atom stereocenters. The predicted molar refractivity (Wildman–Crippen MR) is 133 cm³/mol. The molecule has 3 aromatic rings. The molecule has 1 saturated heterocycles. The van der Waals surface area contributed by atoms with Crippen LogP contribution in [0.1, 0.15) is 24.0 Å². The van der Waals surface area contributed by atoms with Gasteiger partial charge in [-0.25, -0.2) is 4.39 Å². The van der Waals surface area contributed by atoms with Gasteiger partial charge in [0.2, 0.25) is 0 Å². The van der Waals surface area contributed by atoms with E-state index in [0.717, 1.165) is 48.7 Å². The number of fused-ring (bicyclic) bond motifs is 2. The maximum absolute atomic E-state index is 13.9. The molecule has 0 amide bonds. The highest BCUT2D eigenvalue weighted by atomic mass is 35.5. The summed E-state index contributed by atoms with van der Waals surface area (Å²) in [5, 5.41) is 0. The van der Waals surface area contributed by atoms with Crippen LogP contribution in [0.2, 0.25) is 0 Å². The molecule has 2 heterocycles. The van der Waals surface area contributed by atoms with Crippen molar-refractivity contribution >= 4 is 23.8 Å². The van der Waals surface area contributed by atoms with Crippen molar-refractivity contribution < 1.29 is 13.9 Å². The Morgan fingerprint density at radius 3 is 2.67 bits per heavy atom. The molecule has 2 aliphatic heterocycles. The molecular formula is C27H30ClFN2O2. The van der Waals surface area contributed by atoms with Crippen molar-refractivity contribution in [2.75, 3.05) is 31.6 Å². The minimum absolute atomic E-state index is 0. The number of benzene rings is 3. The monoisotopic (exact) mass is 468 g/mol. The summed E-state index contributed by atoms with van der Waals surface area (Å²) in [5.41, 5.74) is 4.55. The average molecular weight is 469 g/mol. The molecule has 0 spiro atoms. The highest BCUT2D eigenvalue weighted by Crippen LogP contribution is 2.40. The van der Waals surface area contributed by atoms with Gasteiger partial charge in [-0.2, -0.15) is 0 Å². The first-order valence-corrected chi connectivity index (χ1v) is 11.4. The van der Waals surface area contributed by atoms with E-state index >= 15 is 0 Å². The number of hydrogen-bond acceptors (Lipinski definition) is 4. The van der Waals surface area contributed by atoms with Crippen LogP contribution in [0.15, 0.2) is 66.7 Å². The van der Waals surface area contributed by atoms with Gasteiger partial charge < -0.3 is 14.4 Å². The third-order valence-electron chi connectivity index (χ3n) is 6.62. The van der Waals surface area contributed by atoms with Gasteiger partial charge in [0.1, 0.15) is 23.9 Å². The molecule has 1 atom stereocenters. The van der Waals surface area contributed by atoms with Gasteiger partial charge >= 0.3 is 0 Å². The highest BCUT2D eigenvalue weighted by molar-refractivity contribution is 5.85. The maximum Gasteiger partial charge on any atom is 0.146 e. The molecule has 0 saturated carbocycles. The van der Waals surface area contributed by atoms with Crippen molar-refractivity contribution in [2.24, 2.45) is 0 Å². The van der Waals surface area contributed by atoms with Crippen LogP contribution in [0.5, 0.6) is 11.5 Å². The van der Waals surface area contributed by atoms with Gasteiger partial charge in [0.15, 0.2) is 0 Å². The molecule has 0 aliphatic carbocycles. The molecule has 2 aliphatic rings. The van der Waals surface area contributed by atoms with E-state index < -0.39 is 0 Å². The summed E-state index contributed by atoms with van der Waals surface area (Å²) in [7, 11) is 1.70. The second-order valence-electron chi connectivity index (χ2n) is 8.57. The second-order valence-corrected chi connectivity index (χ2v) is 8.57. The van der Waals surface area contributed by atoms with E-state index in [-0.39, 0.29) is 18.2 Å². The summed E-state index contributed by atoms with van der Waals surface area (Å²) in [5.74, 6) is 1.24. The highest BCUT2D eigenvalue weighted by Gasteiger charge is 2.30. The van der Waals surface area contributed by atoms with E-state index in [0.29, 0.717) is 18.4 Å². The topological polar surface area (TPSA) is 24.9 Å². The van der Waals surface area contributed by atoms with E-state index in [9.17, 15) is 4.39 Å². The van der Waals surface area contributed by atoms with Gasteiger partial charge in [-0.1, -0.05) is 30.3 Å². The Bertz CT molecular complexity index is 1080. The summed E-state index contributed by atoms with van der Waals surface area (Å²) in [6.07, 6.45) is 3.39. The van der Waals surface area contributed by atoms with Crippen LogP contribution in [-0.2, 0) is 13.0 Å². The van der Waals surface area contributed by atoms with Gasteiger partial charge in [0.25, 0.3) is 0 Å². The van der Waals surface area contributed by atoms with Gasteiger partial charge in [0, 0.05) is 36.4 Å². The van der Waals surface area contributed by atoms with Crippen molar-refractivity contribution in [3.63, 3.8) is 0 Å². The first-order valence-electron chi connectivity index (χ1n) is 11.4. The molecule has 33 heavy (non-hydrogen) atoms. The van der Waals surface area contributed by atoms with Crippen LogP contribution in [0, 0.1) is 5.82 Å². The van der Waals surface area contributed by atoms with Gasteiger partial charge in [0.05, 0.1) is 12.8 Å². The van der Waals surface area contributed by atoms with Gasteiger partial charge in [-0.05, 0) is 61.7 Å². The predicted octanol–water partition coefficient (Wildman–Crippen LogP) is 5.99. The third kappa shape index (κ3) is 5.10. The lowest BCUT2D eigenvalue weighted by Gasteiger charge is -2.32. The third-order valence-corrected chi connectivity index (χ3v) is 6.62. The summed E-state index contributed by atoms with van der Waals surface area (Å²) < 4.78 is 25.2. The lowest BCUT2D eigenvalue weighted by molar-refractivity contribution is 0.261. The van der Waals surface area contributed by atoms with E-state index in [2.05, 4.69) is 40.1 Å². The zero-order chi connectivity index (χ0) is 21.9. The molecule has 0 radical (unpaired) electrons. The Hall–Kier alpha value is -2.76. The standard InChI is InChI=1S/C27H29FN2O2.ClH/c1-31-24-11-8-20(9-12-24)14-16-29-15-4-6-23(29)18-30-25-7-3-2-5-21(25)19-32-27-17-22(28)10-13-26(27)30;/h2-3,5,7-13,17,23H,4,6,14-16,18-19H2,1H3;1H. The first kappa shape index (κ1) is 23.4. The molecule has 5 rings (SSSR count). The molecule has 174 valence electrons. The van der Waals surface area contributed by atoms with E-state index in [1.807, 2.05) is 24.3 Å². The number of anilines is 2. The lowest BCUT2D eigenvalue weighted by Crippen LogP contribution is -2.39. The molecule has 4 nitrogen and oxygen atoms in total. The van der Waals surface area contributed by atoms with Crippen molar-refractivity contribution in [3.05, 3.63) is 83.7 Å². The molecular weight excluding hydrogens is 439 g/mol. The molecule has 0 N–H and O–H groups in total. The fourth-order valence-electron chi connectivity index (χ4n) is 4.88. The number of hydrogen-bond donors (Lipinski definition) is 0. The minimum Gasteiger partial charge on any atom is -0.497 e. The van der Waals surface area contributed by atoms with Crippen LogP contribution in [-0.4, -0.2) is 37.7 Å². The van der Waals surface area contributed by atoms with E-state index in [4.69, 9.17) is 9.47 Å². The molecule has 0 aromatic heterocycles. The molecule has 0 bridgehead atoms. The van der Waals surface area contributed by atoms with E-state index in [1.54, 1.807) is 7.11 Å². The lowest BCUT2D eigenvalue weighted by atomic mass is 10.1. The largest absolute Gasteiger partial charge is 0.497 e. The zero-order valence-corrected chi connectivity index (χ0v) is 19.7. The number of rotatable bonds is 6. The van der Waals surface area contributed by atoms with Crippen LogP contribution in [0.3, 0.4) is 0 Å². The number of ether oxygens (including phenoxy) is 2. The quantitative estimate of drug-likeness (QED) is 0.443.